The number of amides is 2. The fourth-order valence-corrected chi connectivity index (χ4v) is 9.25. The maximum atomic E-state index is 12.8. The zero-order chi connectivity index (χ0) is 55.2. The van der Waals surface area contributed by atoms with Crippen LogP contribution < -0.4 is 10.6 Å². The second kappa shape index (κ2) is 47.1. The van der Waals surface area contributed by atoms with Crippen molar-refractivity contribution in [1.82, 2.24) is 10.6 Å². The number of carbonyl (C=O) groups excluding carboxylic acids is 4. The Morgan fingerprint density at radius 2 is 1.04 bits per heavy atom. The van der Waals surface area contributed by atoms with Crippen LogP contribution in [0.2, 0.25) is 0 Å². The molecule has 0 aromatic rings. The first-order chi connectivity index (χ1) is 36.2. The Hall–Kier alpha value is -2.93. The number of allylic oxidation sites excluding steroid dienone is 3. The molecular weight excluding hydrogens is 988 g/mol. The number of esters is 2. The maximum Gasteiger partial charge on any atom is 0.472 e. The predicted molar refractivity (Wildman–Crippen MR) is 290 cm³/mol. The predicted octanol–water partition coefficient (Wildman–Crippen LogP) is 10.00. The highest BCUT2D eigenvalue weighted by atomic mass is 31.2. The van der Waals surface area contributed by atoms with Crippen LogP contribution in [-0.4, -0.2) is 125 Å². The summed E-state index contributed by atoms with van der Waals surface area (Å²) >= 11 is 0. The highest BCUT2D eigenvalue weighted by Crippen LogP contribution is 2.43. The number of hydrogen-bond acceptors (Lipinski definition) is 15. The van der Waals surface area contributed by atoms with Crippen LogP contribution in [0.25, 0.3) is 0 Å². The first-order valence-electron chi connectivity index (χ1n) is 29.0. The third-order valence-corrected chi connectivity index (χ3v) is 14.1. The minimum atomic E-state index is -4.68. The van der Waals surface area contributed by atoms with Crippen molar-refractivity contribution in [2.75, 3.05) is 39.5 Å². The molecule has 7 atom stereocenters. The molecule has 1 fully saturated rings. The van der Waals surface area contributed by atoms with Crippen molar-refractivity contribution in [3.8, 4) is 0 Å². The highest BCUT2D eigenvalue weighted by molar-refractivity contribution is 7.47. The summed E-state index contributed by atoms with van der Waals surface area (Å²) in [5.41, 5.74) is 0. The Morgan fingerprint density at radius 3 is 1.52 bits per heavy atom. The summed E-state index contributed by atoms with van der Waals surface area (Å²) in [5.74, 6) is -1.49. The van der Waals surface area contributed by atoms with Gasteiger partial charge in [-0.05, 0) is 32.3 Å². The number of nitrogens with one attached hydrogen (secondary N) is 2. The maximum absolute atomic E-state index is 12.8. The van der Waals surface area contributed by atoms with E-state index in [9.17, 15) is 49.1 Å². The summed E-state index contributed by atoms with van der Waals surface area (Å²) in [6, 6.07) is 0. The fraction of sp³-hybridized carbons (Fsp3) is 0.857. The van der Waals surface area contributed by atoms with Crippen LogP contribution in [0.4, 0.5) is 0 Å². The molecule has 0 aromatic carbocycles. The molecule has 1 aliphatic rings. The van der Waals surface area contributed by atoms with Crippen LogP contribution in [-0.2, 0) is 51.7 Å². The summed E-state index contributed by atoms with van der Waals surface area (Å²) in [4.78, 5) is 60.5. The molecule has 1 saturated heterocycles. The van der Waals surface area contributed by atoms with E-state index >= 15 is 0 Å². The molecule has 4 unspecified atom stereocenters. The zero-order valence-electron chi connectivity index (χ0n) is 46.4. The number of phosphoric ester groups is 1. The van der Waals surface area contributed by atoms with Gasteiger partial charge in [0.1, 0.15) is 31.0 Å². The van der Waals surface area contributed by atoms with Crippen molar-refractivity contribution in [3.05, 3.63) is 24.0 Å². The van der Waals surface area contributed by atoms with E-state index in [4.69, 9.17) is 28.0 Å². The second-order valence-corrected chi connectivity index (χ2v) is 21.5. The number of hydrogen-bond donors (Lipinski definition) is 7. The third-order valence-electron chi connectivity index (χ3n) is 13.1. The van der Waals surface area contributed by atoms with Crippen molar-refractivity contribution in [3.63, 3.8) is 0 Å². The van der Waals surface area contributed by atoms with Crippen LogP contribution in [0.3, 0.4) is 0 Å². The molecule has 1 rings (SSSR count). The smallest absolute Gasteiger partial charge is 0.467 e. The van der Waals surface area contributed by atoms with Gasteiger partial charge in [-0.2, -0.15) is 0 Å². The van der Waals surface area contributed by atoms with E-state index < -0.39 is 82.3 Å². The Morgan fingerprint density at radius 1 is 0.587 bits per heavy atom. The van der Waals surface area contributed by atoms with E-state index in [1.165, 1.54) is 128 Å². The molecular formula is C56H103N2O16P. The highest BCUT2D eigenvalue weighted by Gasteiger charge is 2.44. The Labute approximate surface area is 450 Å². The molecule has 0 saturated carbocycles. The van der Waals surface area contributed by atoms with E-state index in [1.807, 2.05) is 0 Å². The molecule has 438 valence electrons. The van der Waals surface area contributed by atoms with Gasteiger partial charge in [0.25, 0.3) is 0 Å². The Kier molecular flexibility index (Phi) is 44.0. The molecule has 18 nitrogen and oxygen atoms in total. The normalized spacial score (nSPS) is 19.1. The molecule has 75 heavy (non-hydrogen) atoms. The first-order valence-corrected chi connectivity index (χ1v) is 30.5. The SMILES string of the molecule is CCCCCCCCCCCCCCCCCC(=O)OCC(COP(=O)(O)OCCNC(=O)CCC(=O)NCC/C=C/C=C(\C)O[C@H]1OC(CO)[C@@H](O)[C@H](O)C1O)OC(=O)CCCCCCCCCCCCCCC. The van der Waals surface area contributed by atoms with Gasteiger partial charge in [-0.15, -0.1) is 0 Å². The lowest BCUT2D eigenvalue weighted by Crippen LogP contribution is -2.59. The Bertz CT molecular complexity index is 1570. The molecule has 2 amide bonds. The average Bonchev–Trinajstić information content (AvgIpc) is 3.39. The van der Waals surface area contributed by atoms with Crippen LogP contribution in [0.5, 0.6) is 0 Å². The zero-order valence-corrected chi connectivity index (χ0v) is 47.3. The number of unbranched alkanes of at least 4 members (excludes halogenated alkanes) is 26. The van der Waals surface area contributed by atoms with Crippen molar-refractivity contribution in [2.24, 2.45) is 0 Å². The molecule has 0 aromatic heterocycles. The minimum absolute atomic E-state index is 0.104. The van der Waals surface area contributed by atoms with Gasteiger partial charge in [0.2, 0.25) is 18.1 Å². The van der Waals surface area contributed by atoms with Gasteiger partial charge in [-0.3, -0.25) is 28.2 Å². The lowest BCUT2D eigenvalue weighted by atomic mass is 9.99. The summed E-state index contributed by atoms with van der Waals surface area (Å²) in [6.45, 7) is 4.32. The number of ether oxygens (including phenoxy) is 4. The van der Waals surface area contributed by atoms with Gasteiger partial charge in [0.15, 0.2) is 6.10 Å². The van der Waals surface area contributed by atoms with Gasteiger partial charge in [-0.25, -0.2) is 4.57 Å². The van der Waals surface area contributed by atoms with Gasteiger partial charge in [0.05, 0.1) is 25.6 Å². The van der Waals surface area contributed by atoms with Crippen LogP contribution in [0, 0.1) is 0 Å². The first kappa shape index (κ1) is 70.1. The van der Waals surface area contributed by atoms with Crippen molar-refractivity contribution < 1.29 is 77.1 Å². The molecule has 0 radical (unpaired) electrons. The van der Waals surface area contributed by atoms with Crippen molar-refractivity contribution >= 4 is 31.6 Å². The monoisotopic (exact) mass is 1090 g/mol. The van der Waals surface area contributed by atoms with Gasteiger partial charge in [0, 0.05) is 38.8 Å². The van der Waals surface area contributed by atoms with E-state index in [0.717, 1.165) is 38.5 Å². The van der Waals surface area contributed by atoms with Crippen molar-refractivity contribution in [1.29, 1.82) is 0 Å². The fourth-order valence-electron chi connectivity index (χ4n) is 8.50. The van der Waals surface area contributed by atoms with Gasteiger partial charge in [-0.1, -0.05) is 193 Å². The summed E-state index contributed by atoms with van der Waals surface area (Å²) in [5, 5.41) is 44.5. The lowest BCUT2D eigenvalue weighted by Gasteiger charge is -2.39. The quantitative estimate of drug-likeness (QED) is 0.00982. The number of aliphatic hydroxyl groups is 4. The van der Waals surface area contributed by atoms with Gasteiger partial charge < -0.3 is 54.9 Å². The summed E-state index contributed by atoms with van der Waals surface area (Å²) < 4.78 is 44.7. The molecule has 0 bridgehead atoms. The number of rotatable bonds is 50. The van der Waals surface area contributed by atoms with E-state index in [1.54, 1.807) is 25.2 Å². The standard InChI is InChI=1S/C56H103N2O16P/c1-4-6-8-10-12-14-16-18-19-21-22-24-26-28-32-36-51(62)69-44-47(73-52(63)37-33-29-27-25-23-20-17-15-13-11-9-7-5-2)45-71-75(67,68)70-42-41-58-50(61)39-38-49(60)57-40-34-30-31-35-46(3)72-56-55(66)54(65)53(64)48(43-59)74-56/h30-31,35,47-48,53-56,59,64-66H,4-29,32-34,36-45H2,1-3H3,(H,57,60)(H,58,61)(H,67,68)/b31-30+,46-35+/t47?,48?,53-,54+,55?,56+/m1/s1. The van der Waals surface area contributed by atoms with Crippen molar-refractivity contribution in [2.45, 2.75) is 269 Å². The number of aliphatic hydroxyl groups excluding tert-OH is 4. The van der Waals surface area contributed by atoms with Crippen LogP contribution in [0.1, 0.15) is 233 Å². The number of carbonyl (C=O) groups is 4. The molecule has 0 aliphatic carbocycles. The Balaban J connectivity index is 2.42. The van der Waals surface area contributed by atoms with Gasteiger partial charge >= 0.3 is 19.8 Å². The summed E-state index contributed by atoms with van der Waals surface area (Å²) in [6.07, 6.45) is 30.8. The molecule has 7 N–H and O–H groups in total. The van der Waals surface area contributed by atoms with E-state index in [-0.39, 0.29) is 51.3 Å². The largest absolute Gasteiger partial charge is 0.472 e. The topological polar surface area (TPSA) is 266 Å². The third kappa shape index (κ3) is 40.0. The molecule has 1 aliphatic heterocycles. The average molecular weight is 1090 g/mol. The molecule has 0 spiro atoms. The van der Waals surface area contributed by atoms with Crippen LogP contribution in [0.15, 0.2) is 24.0 Å². The second-order valence-electron chi connectivity index (χ2n) is 20.1. The van der Waals surface area contributed by atoms with E-state index in [2.05, 4.69) is 24.5 Å². The molecule has 19 heteroatoms. The summed E-state index contributed by atoms with van der Waals surface area (Å²) in [7, 11) is -4.68. The lowest BCUT2D eigenvalue weighted by molar-refractivity contribution is -0.291. The number of phosphoric acid groups is 1. The van der Waals surface area contributed by atoms with E-state index in [0.29, 0.717) is 25.0 Å². The minimum Gasteiger partial charge on any atom is -0.467 e. The molecule has 1 heterocycles. The van der Waals surface area contributed by atoms with Crippen LogP contribution >= 0.6 is 7.82 Å².